The van der Waals surface area contributed by atoms with Crippen LogP contribution in [0.1, 0.15) is 18.6 Å². The largest absolute Gasteiger partial charge is 0.395 e. The lowest BCUT2D eigenvalue weighted by molar-refractivity contribution is 0.142. The molecule has 1 atom stereocenters. The molecular formula is C8H15N3O2. The van der Waals surface area contributed by atoms with E-state index in [4.69, 9.17) is 9.63 Å². The van der Waals surface area contributed by atoms with Gasteiger partial charge < -0.3 is 9.63 Å². The highest BCUT2D eigenvalue weighted by Gasteiger charge is 2.11. The van der Waals surface area contributed by atoms with Crippen LogP contribution in [0.2, 0.25) is 0 Å². The Morgan fingerprint density at radius 1 is 1.62 bits per heavy atom. The molecular weight excluding hydrogens is 170 g/mol. The average Bonchev–Trinajstić information content (AvgIpc) is 2.49. The Hall–Kier alpha value is -0.940. The summed E-state index contributed by atoms with van der Waals surface area (Å²) in [5.74, 6) is 1.22. The van der Waals surface area contributed by atoms with Crippen LogP contribution in [0.5, 0.6) is 0 Å². The van der Waals surface area contributed by atoms with Crippen molar-refractivity contribution >= 4 is 0 Å². The van der Waals surface area contributed by atoms with E-state index in [0.717, 1.165) is 0 Å². The van der Waals surface area contributed by atoms with Crippen molar-refractivity contribution in [2.45, 2.75) is 26.4 Å². The molecule has 0 saturated carbocycles. The molecule has 13 heavy (non-hydrogen) atoms. The first-order valence-corrected chi connectivity index (χ1v) is 4.23. The molecule has 0 bridgehead atoms. The minimum absolute atomic E-state index is 0.104. The fourth-order valence-electron chi connectivity index (χ4n) is 0.913. The molecule has 1 N–H and O–H groups in total. The lowest BCUT2D eigenvalue weighted by Gasteiger charge is -2.20. The molecule has 0 aromatic carbocycles. The third-order valence-corrected chi connectivity index (χ3v) is 1.97. The summed E-state index contributed by atoms with van der Waals surface area (Å²) >= 11 is 0. The van der Waals surface area contributed by atoms with Gasteiger partial charge in [0.25, 0.3) is 0 Å². The molecule has 0 radical (unpaired) electrons. The summed E-state index contributed by atoms with van der Waals surface area (Å²) < 4.78 is 4.95. The molecule has 5 nitrogen and oxygen atoms in total. The molecule has 1 rings (SSSR count). The summed E-state index contributed by atoms with van der Waals surface area (Å²) in [7, 11) is 1.90. The van der Waals surface area contributed by atoms with Crippen LogP contribution >= 0.6 is 0 Å². The number of aliphatic hydroxyl groups excluding tert-OH is 1. The maximum Gasteiger partial charge on any atom is 0.240 e. The zero-order chi connectivity index (χ0) is 9.84. The number of rotatable bonds is 4. The smallest absolute Gasteiger partial charge is 0.240 e. The monoisotopic (exact) mass is 185 g/mol. The lowest BCUT2D eigenvalue weighted by atomic mass is 10.3. The fourth-order valence-corrected chi connectivity index (χ4v) is 0.913. The lowest BCUT2D eigenvalue weighted by Crippen LogP contribution is -2.31. The van der Waals surface area contributed by atoms with Gasteiger partial charge in [0.1, 0.15) is 0 Å². The SMILES string of the molecule is Cc1noc(CN(C)C(C)CO)n1. The Balaban J connectivity index is 2.49. The molecule has 0 aliphatic heterocycles. The van der Waals surface area contributed by atoms with Crippen LogP contribution in [0.15, 0.2) is 4.52 Å². The van der Waals surface area contributed by atoms with E-state index >= 15 is 0 Å². The summed E-state index contributed by atoms with van der Waals surface area (Å²) in [5, 5.41) is 12.6. The quantitative estimate of drug-likeness (QED) is 0.725. The molecule has 1 aromatic rings. The van der Waals surface area contributed by atoms with Crippen molar-refractivity contribution in [1.82, 2.24) is 15.0 Å². The predicted molar refractivity (Wildman–Crippen MR) is 47.0 cm³/mol. The van der Waals surface area contributed by atoms with E-state index in [1.165, 1.54) is 0 Å². The average molecular weight is 185 g/mol. The molecule has 1 heterocycles. The molecule has 0 amide bonds. The second-order valence-corrected chi connectivity index (χ2v) is 3.18. The first-order chi connectivity index (χ1) is 6.13. The van der Waals surface area contributed by atoms with Crippen LogP contribution < -0.4 is 0 Å². The number of aliphatic hydroxyl groups is 1. The number of hydrogen-bond donors (Lipinski definition) is 1. The first-order valence-electron chi connectivity index (χ1n) is 4.23. The number of aromatic nitrogens is 2. The fraction of sp³-hybridized carbons (Fsp3) is 0.750. The van der Waals surface area contributed by atoms with Crippen molar-refractivity contribution in [1.29, 1.82) is 0 Å². The Labute approximate surface area is 77.4 Å². The van der Waals surface area contributed by atoms with E-state index in [-0.39, 0.29) is 12.6 Å². The maximum atomic E-state index is 8.88. The van der Waals surface area contributed by atoms with Gasteiger partial charge in [0.05, 0.1) is 13.2 Å². The van der Waals surface area contributed by atoms with Crippen LogP contribution in [0.4, 0.5) is 0 Å². The van der Waals surface area contributed by atoms with E-state index < -0.39 is 0 Å². The van der Waals surface area contributed by atoms with Gasteiger partial charge in [-0.3, -0.25) is 4.90 Å². The zero-order valence-corrected chi connectivity index (χ0v) is 8.19. The molecule has 0 aliphatic carbocycles. The minimum atomic E-state index is 0.104. The molecule has 5 heteroatoms. The normalized spacial score (nSPS) is 13.6. The highest BCUT2D eigenvalue weighted by molar-refractivity contribution is 4.83. The van der Waals surface area contributed by atoms with Gasteiger partial charge >= 0.3 is 0 Å². The predicted octanol–water partition coefficient (Wildman–Crippen LogP) is 0.191. The topological polar surface area (TPSA) is 62.4 Å². The third-order valence-electron chi connectivity index (χ3n) is 1.97. The summed E-state index contributed by atoms with van der Waals surface area (Å²) in [4.78, 5) is 6.02. The van der Waals surface area contributed by atoms with Gasteiger partial charge in [-0.1, -0.05) is 5.16 Å². The molecule has 74 valence electrons. The standard InChI is InChI=1S/C8H15N3O2/c1-6(5-12)11(3)4-8-9-7(2)10-13-8/h6,12H,4-5H2,1-3H3. The first kappa shape index (κ1) is 10.1. The number of aryl methyl sites for hydroxylation is 1. The van der Waals surface area contributed by atoms with E-state index in [0.29, 0.717) is 18.3 Å². The Bertz CT molecular complexity index is 262. The van der Waals surface area contributed by atoms with Crippen molar-refractivity contribution in [3.63, 3.8) is 0 Å². The van der Waals surface area contributed by atoms with Crippen molar-refractivity contribution in [3.8, 4) is 0 Å². The van der Waals surface area contributed by atoms with Crippen LogP contribution in [0, 0.1) is 6.92 Å². The van der Waals surface area contributed by atoms with E-state index in [2.05, 4.69) is 10.1 Å². The second kappa shape index (κ2) is 4.34. The van der Waals surface area contributed by atoms with Crippen molar-refractivity contribution in [2.24, 2.45) is 0 Å². The van der Waals surface area contributed by atoms with Gasteiger partial charge in [-0.05, 0) is 20.9 Å². The van der Waals surface area contributed by atoms with E-state index in [1.807, 2.05) is 18.9 Å². The van der Waals surface area contributed by atoms with Crippen LogP contribution in [0.25, 0.3) is 0 Å². The van der Waals surface area contributed by atoms with Gasteiger partial charge in [-0.15, -0.1) is 0 Å². The van der Waals surface area contributed by atoms with Gasteiger partial charge in [-0.25, -0.2) is 0 Å². The highest BCUT2D eigenvalue weighted by atomic mass is 16.5. The summed E-state index contributed by atoms with van der Waals surface area (Å²) in [6.45, 7) is 4.41. The second-order valence-electron chi connectivity index (χ2n) is 3.18. The summed E-state index contributed by atoms with van der Waals surface area (Å²) in [5.41, 5.74) is 0. The Morgan fingerprint density at radius 3 is 2.77 bits per heavy atom. The highest BCUT2D eigenvalue weighted by Crippen LogP contribution is 2.03. The molecule has 0 aliphatic rings. The summed E-state index contributed by atoms with van der Waals surface area (Å²) in [6, 6.07) is 0.104. The third kappa shape index (κ3) is 2.78. The molecule has 1 aromatic heterocycles. The Morgan fingerprint density at radius 2 is 2.31 bits per heavy atom. The van der Waals surface area contributed by atoms with E-state index in [9.17, 15) is 0 Å². The van der Waals surface area contributed by atoms with Gasteiger partial charge in [0, 0.05) is 6.04 Å². The molecule has 1 unspecified atom stereocenters. The number of nitrogens with zero attached hydrogens (tertiary/aromatic N) is 3. The van der Waals surface area contributed by atoms with Crippen molar-refractivity contribution in [3.05, 3.63) is 11.7 Å². The molecule has 0 spiro atoms. The molecule has 0 saturated heterocycles. The van der Waals surface area contributed by atoms with Crippen LogP contribution in [0.3, 0.4) is 0 Å². The van der Waals surface area contributed by atoms with Crippen LogP contribution in [-0.4, -0.2) is 39.8 Å². The zero-order valence-electron chi connectivity index (χ0n) is 8.19. The number of hydrogen-bond acceptors (Lipinski definition) is 5. The minimum Gasteiger partial charge on any atom is -0.395 e. The van der Waals surface area contributed by atoms with Crippen molar-refractivity contribution in [2.75, 3.05) is 13.7 Å². The van der Waals surface area contributed by atoms with Gasteiger partial charge in [0.2, 0.25) is 5.89 Å². The van der Waals surface area contributed by atoms with Crippen molar-refractivity contribution < 1.29 is 9.63 Å². The van der Waals surface area contributed by atoms with E-state index in [1.54, 1.807) is 6.92 Å². The van der Waals surface area contributed by atoms with Gasteiger partial charge in [0.15, 0.2) is 5.82 Å². The Kier molecular flexibility index (Phi) is 3.39. The number of likely N-dealkylation sites (N-methyl/N-ethyl adjacent to an activating group) is 1. The molecule has 0 fully saturated rings. The van der Waals surface area contributed by atoms with Gasteiger partial charge in [-0.2, -0.15) is 4.98 Å². The maximum absolute atomic E-state index is 8.88. The van der Waals surface area contributed by atoms with Crippen LogP contribution in [-0.2, 0) is 6.54 Å². The summed E-state index contributed by atoms with van der Waals surface area (Å²) in [6.07, 6.45) is 0.